The minimum atomic E-state index is -0.190. The minimum absolute atomic E-state index is 0.190. The molecule has 0 aliphatic rings. The molecule has 2 rings (SSSR count). The summed E-state index contributed by atoms with van der Waals surface area (Å²) >= 11 is 3.45. The number of rotatable bonds is 4. The van der Waals surface area contributed by atoms with Gasteiger partial charge in [0, 0.05) is 21.4 Å². The lowest BCUT2D eigenvalue weighted by molar-refractivity contribution is 0.102. The summed E-state index contributed by atoms with van der Waals surface area (Å²) < 4.78 is 0.952. The molecule has 1 amide bonds. The predicted molar refractivity (Wildman–Crippen MR) is 88.3 cm³/mol. The van der Waals surface area contributed by atoms with Crippen LogP contribution < -0.4 is 16.6 Å². The van der Waals surface area contributed by atoms with E-state index in [-0.39, 0.29) is 5.91 Å². The first kappa shape index (κ1) is 15.5. The third-order valence-electron chi connectivity index (χ3n) is 3.17. The number of amides is 1. The molecule has 0 bridgehead atoms. The van der Waals surface area contributed by atoms with Crippen molar-refractivity contribution in [3.8, 4) is 0 Å². The molecule has 0 aliphatic carbocycles. The monoisotopic (exact) mass is 348 g/mol. The van der Waals surface area contributed by atoms with Crippen molar-refractivity contribution < 1.29 is 4.79 Å². The van der Waals surface area contributed by atoms with E-state index in [1.807, 2.05) is 32.0 Å². The zero-order chi connectivity index (χ0) is 15.4. The Morgan fingerprint density at radius 2 is 2.14 bits per heavy atom. The number of hydrogen-bond donors (Lipinski definition) is 3. The molecule has 110 valence electrons. The van der Waals surface area contributed by atoms with Crippen molar-refractivity contribution in [2.24, 2.45) is 5.84 Å². The number of nitrogens with two attached hydrogens (primary N) is 1. The maximum atomic E-state index is 12.4. The van der Waals surface area contributed by atoms with Crippen molar-refractivity contribution in [3.05, 3.63) is 51.6 Å². The molecule has 21 heavy (non-hydrogen) atoms. The van der Waals surface area contributed by atoms with Crippen LogP contribution in [0.3, 0.4) is 0 Å². The van der Waals surface area contributed by atoms with Gasteiger partial charge in [-0.1, -0.05) is 28.9 Å². The first-order chi connectivity index (χ1) is 10.0. The molecule has 1 aromatic carbocycles. The van der Waals surface area contributed by atoms with E-state index < -0.39 is 0 Å². The number of nitrogens with one attached hydrogen (secondary N) is 2. The highest BCUT2D eigenvalue weighted by Crippen LogP contribution is 2.24. The van der Waals surface area contributed by atoms with Crippen molar-refractivity contribution in [1.29, 1.82) is 0 Å². The topological polar surface area (TPSA) is 80.0 Å². The van der Waals surface area contributed by atoms with Crippen molar-refractivity contribution in [2.75, 3.05) is 10.7 Å². The van der Waals surface area contributed by atoms with Crippen LogP contribution in [-0.2, 0) is 6.42 Å². The smallest absolute Gasteiger partial charge is 0.255 e. The number of aromatic nitrogens is 1. The van der Waals surface area contributed by atoms with E-state index in [4.69, 9.17) is 5.84 Å². The fourth-order valence-electron chi connectivity index (χ4n) is 1.91. The van der Waals surface area contributed by atoms with Gasteiger partial charge in [-0.05, 0) is 43.2 Å². The van der Waals surface area contributed by atoms with Crippen LogP contribution in [0.1, 0.15) is 28.5 Å². The number of pyridine rings is 1. The van der Waals surface area contributed by atoms with Gasteiger partial charge in [-0.2, -0.15) is 0 Å². The van der Waals surface area contributed by atoms with E-state index >= 15 is 0 Å². The molecule has 0 aliphatic heterocycles. The highest BCUT2D eigenvalue weighted by atomic mass is 79.9. The third kappa shape index (κ3) is 3.59. The number of nitrogens with zero attached hydrogens (tertiary/aromatic N) is 1. The number of halogens is 1. The zero-order valence-electron chi connectivity index (χ0n) is 11.9. The molecule has 0 radical (unpaired) electrons. The predicted octanol–water partition coefficient (Wildman–Crippen LogP) is 3.25. The Bertz CT molecular complexity index is 650. The van der Waals surface area contributed by atoms with Crippen LogP contribution in [0.4, 0.5) is 11.5 Å². The fraction of sp³-hybridized carbons (Fsp3) is 0.200. The van der Waals surface area contributed by atoms with Crippen LogP contribution in [0, 0.1) is 6.92 Å². The third-order valence-corrected chi connectivity index (χ3v) is 4.03. The van der Waals surface area contributed by atoms with Gasteiger partial charge in [0.1, 0.15) is 5.82 Å². The highest BCUT2D eigenvalue weighted by molar-refractivity contribution is 9.10. The number of hydrazine groups is 1. The summed E-state index contributed by atoms with van der Waals surface area (Å²) in [4.78, 5) is 16.7. The van der Waals surface area contributed by atoms with Gasteiger partial charge in [-0.15, -0.1) is 0 Å². The minimum Gasteiger partial charge on any atom is -0.322 e. The molecule has 0 unspecified atom stereocenters. The number of anilines is 2. The average molecular weight is 349 g/mol. The molecule has 6 heteroatoms. The second-order valence-corrected chi connectivity index (χ2v) is 5.45. The van der Waals surface area contributed by atoms with E-state index in [0.717, 1.165) is 27.8 Å². The van der Waals surface area contributed by atoms with Gasteiger partial charge in [-0.3, -0.25) is 4.79 Å². The average Bonchev–Trinajstić information content (AvgIpc) is 2.51. The van der Waals surface area contributed by atoms with Crippen LogP contribution in [0.25, 0.3) is 0 Å². The maximum Gasteiger partial charge on any atom is 0.255 e. The van der Waals surface area contributed by atoms with Crippen molar-refractivity contribution in [2.45, 2.75) is 20.3 Å². The van der Waals surface area contributed by atoms with E-state index in [1.165, 1.54) is 0 Å². The van der Waals surface area contributed by atoms with Crippen molar-refractivity contribution >= 4 is 33.3 Å². The molecule has 0 saturated heterocycles. The number of carbonyl (C=O) groups is 1. The number of carbonyl (C=O) groups excluding carboxylic acids is 1. The first-order valence-corrected chi connectivity index (χ1v) is 7.38. The fourth-order valence-corrected chi connectivity index (χ4v) is 2.28. The summed E-state index contributed by atoms with van der Waals surface area (Å²) in [5.41, 5.74) is 5.56. The molecular formula is C15H17BrN4O. The number of benzene rings is 1. The lowest BCUT2D eigenvalue weighted by Crippen LogP contribution is -2.16. The van der Waals surface area contributed by atoms with E-state index in [2.05, 4.69) is 31.7 Å². The summed E-state index contributed by atoms with van der Waals surface area (Å²) in [6, 6.07) is 9.07. The molecular weight excluding hydrogens is 332 g/mol. The van der Waals surface area contributed by atoms with Crippen molar-refractivity contribution in [3.63, 3.8) is 0 Å². The summed E-state index contributed by atoms with van der Waals surface area (Å²) in [5.74, 6) is 5.68. The van der Waals surface area contributed by atoms with Gasteiger partial charge in [-0.25, -0.2) is 10.8 Å². The van der Waals surface area contributed by atoms with Crippen molar-refractivity contribution in [1.82, 2.24) is 4.98 Å². The molecule has 1 heterocycles. The number of aryl methyl sites for hydroxylation is 1. The van der Waals surface area contributed by atoms with Gasteiger partial charge >= 0.3 is 0 Å². The van der Waals surface area contributed by atoms with Crippen LogP contribution >= 0.6 is 15.9 Å². The molecule has 0 fully saturated rings. The Hall–Kier alpha value is -1.92. The Labute approximate surface area is 132 Å². The molecule has 0 atom stereocenters. The van der Waals surface area contributed by atoms with Gasteiger partial charge in [0.15, 0.2) is 0 Å². The maximum absolute atomic E-state index is 12.4. The standard InChI is InChI=1S/C15H17BrN4O/c1-3-11-7-10(8-14(18-11)20-17)15(21)19-13-6-4-5-12(16)9(13)2/h4-8H,3,17H2,1-2H3,(H,18,20)(H,19,21). The molecule has 4 N–H and O–H groups in total. The summed E-state index contributed by atoms with van der Waals surface area (Å²) in [6.45, 7) is 3.92. The second kappa shape index (κ2) is 6.69. The SMILES string of the molecule is CCc1cc(C(=O)Nc2cccc(Br)c2C)cc(NN)n1. The van der Waals surface area contributed by atoms with Crippen LogP contribution in [-0.4, -0.2) is 10.9 Å². The van der Waals surface area contributed by atoms with Crippen LogP contribution in [0.5, 0.6) is 0 Å². The van der Waals surface area contributed by atoms with E-state index in [9.17, 15) is 4.79 Å². The summed E-state index contributed by atoms with van der Waals surface area (Å²) in [5, 5.41) is 2.90. The Morgan fingerprint density at radius 3 is 2.81 bits per heavy atom. The van der Waals surface area contributed by atoms with Gasteiger partial charge in [0.25, 0.3) is 5.91 Å². The second-order valence-electron chi connectivity index (χ2n) is 4.60. The van der Waals surface area contributed by atoms with Gasteiger partial charge in [0.2, 0.25) is 0 Å². The lowest BCUT2D eigenvalue weighted by Gasteiger charge is -2.11. The van der Waals surface area contributed by atoms with E-state index in [1.54, 1.807) is 12.1 Å². The van der Waals surface area contributed by atoms with Gasteiger partial charge in [0.05, 0.1) is 0 Å². The Balaban J connectivity index is 2.30. The highest BCUT2D eigenvalue weighted by Gasteiger charge is 2.11. The van der Waals surface area contributed by atoms with E-state index in [0.29, 0.717) is 11.4 Å². The molecule has 1 aromatic heterocycles. The molecule has 2 aromatic rings. The first-order valence-electron chi connectivity index (χ1n) is 6.59. The Kier molecular flexibility index (Phi) is 4.93. The number of nitrogen functional groups attached to an aromatic ring is 1. The molecule has 0 spiro atoms. The summed E-state index contributed by atoms with van der Waals surface area (Å²) in [7, 11) is 0. The summed E-state index contributed by atoms with van der Waals surface area (Å²) in [6.07, 6.45) is 0.728. The Morgan fingerprint density at radius 1 is 1.38 bits per heavy atom. The lowest BCUT2D eigenvalue weighted by atomic mass is 10.1. The number of hydrogen-bond acceptors (Lipinski definition) is 4. The van der Waals surface area contributed by atoms with Crippen LogP contribution in [0.2, 0.25) is 0 Å². The largest absolute Gasteiger partial charge is 0.322 e. The van der Waals surface area contributed by atoms with Crippen LogP contribution in [0.15, 0.2) is 34.8 Å². The molecule has 0 saturated carbocycles. The van der Waals surface area contributed by atoms with Gasteiger partial charge < -0.3 is 10.7 Å². The normalized spacial score (nSPS) is 10.3. The quantitative estimate of drug-likeness (QED) is 0.585. The molecule has 5 nitrogen and oxygen atoms in total. The zero-order valence-corrected chi connectivity index (χ0v) is 13.5.